The minimum Gasteiger partial charge on any atom is -0.493 e. The van der Waals surface area contributed by atoms with Crippen molar-refractivity contribution in [3.8, 4) is 11.5 Å². The van der Waals surface area contributed by atoms with E-state index in [1.165, 1.54) is 0 Å². The fourth-order valence-electron chi connectivity index (χ4n) is 2.68. The first-order valence-electron chi connectivity index (χ1n) is 7.20. The molecule has 0 amide bonds. The van der Waals surface area contributed by atoms with E-state index in [0.717, 1.165) is 23.5 Å². The molecule has 1 aromatic rings. The lowest BCUT2D eigenvalue weighted by Gasteiger charge is -2.49. The van der Waals surface area contributed by atoms with Crippen molar-refractivity contribution in [2.24, 2.45) is 5.41 Å². The fourth-order valence-corrected chi connectivity index (χ4v) is 2.68. The highest BCUT2D eigenvalue weighted by Crippen LogP contribution is 2.41. The summed E-state index contributed by atoms with van der Waals surface area (Å²) in [6, 6.07) is 6.27. The molecule has 2 atom stereocenters. The van der Waals surface area contributed by atoms with Gasteiger partial charge >= 0.3 is 0 Å². The molecule has 1 fully saturated rings. The highest BCUT2D eigenvalue weighted by Gasteiger charge is 2.46. The SMILES string of the molecule is CCOc1cccc(CNC2CC(O)C2(C)C)c1OC. The summed E-state index contributed by atoms with van der Waals surface area (Å²) in [5, 5.41) is 13.3. The topological polar surface area (TPSA) is 50.7 Å². The molecule has 2 rings (SSSR count). The lowest BCUT2D eigenvalue weighted by Crippen LogP contribution is -2.59. The lowest BCUT2D eigenvalue weighted by atomic mass is 9.64. The molecule has 0 bridgehead atoms. The van der Waals surface area contributed by atoms with Gasteiger partial charge in [0.25, 0.3) is 0 Å². The summed E-state index contributed by atoms with van der Waals surface area (Å²) in [5.41, 5.74) is 1.01. The summed E-state index contributed by atoms with van der Waals surface area (Å²) in [5.74, 6) is 1.57. The van der Waals surface area contributed by atoms with Gasteiger partial charge < -0.3 is 19.9 Å². The van der Waals surface area contributed by atoms with Gasteiger partial charge in [0.2, 0.25) is 0 Å². The molecule has 20 heavy (non-hydrogen) atoms. The summed E-state index contributed by atoms with van der Waals surface area (Å²) >= 11 is 0. The zero-order valence-electron chi connectivity index (χ0n) is 12.8. The van der Waals surface area contributed by atoms with Crippen molar-refractivity contribution in [2.75, 3.05) is 13.7 Å². The highest BCUT2D eigenvalue weighted by atomic mass is 16.5. The third-order valence-electron chi connectivity index (χ3n) is 4.32. The van der Waals surface area contributed by atoms with E-state index < -0.39 is 0 Å². The van der Waals surface area contributed by atoms with E-state index in [4.69, 9.17) is 9.47 Å². The van der Waals surface area contributed by atoms with Crippen molar-refractivity contribution in [2.45, 2.75) is 45.9 Å². The summed E-state index contributed by atoms with van der Waals surface area (Å²) in [4.78, 5) is 0. The Bertz CT molecular complexity index is 459. The summed E-state index contributed by atoms with van der Waals surface area (Å²) in [6.45, 7) is 7.47. The zero-order chi connectivity index (χ0) is 14.8. The summed E-state index contributed by atoms with van der Waals surface area (Å²) < 4.78 is 11.1. The minimum absolute atomic E-state index is 0.0647. The Kier molecular flexibility index (Phi) is 4.55. The number of ether oxygens (including phenoxy) is 2. The van der Waals surface area contributed by atoms with E-state index in [2.05, 4.69) is 19.2 Å². The molecule has 1 aliphatic carbocycles. The Hall–Kier alpha value is -1.26. The number of methoxy groups -OCH3 is 1. The van der Waals surface area contributed by atoms with Gasteiger partial charge in [-0.15, -0.1) is 0 Å². The predicted octanol–water partition coefficient (Wildman–Crippen LogP) is 2.34. The van der Waals surface area contributed by atoms with E-state index in [1.807, 2.05) is 25.1 Å². The van der Waals surface area contributed by atoms with Crippen molar-refractivity contribution in [3.05, 3.63) is 23.8 Å². The lowest BCUT2D eigenvalue weighted by molar-refractivity contribution is -0.0730. The van der Waals surface area contributed by atoms with E-state index in [-0.39, 0.29) is 11.5 Å². The molecule has 2 N–H and O–H groups in total. The van der Waals surface area contributed by atoms with Crippen LogP contribution in [-0.2, 0) is 6.54 Å². The van der Waals surface area contributed by atoms with Gasteiger partial charge in [-0.1, -0.05) is 26.0 Å². The fraction of sp³-hybridized carbons (Fsp3) is 0.625. The molecule has 1 aromatic carbocycles. The number of nitrogens with one attached hydrogen (secondary N) is 1. The molecule has 2 unspecified atom stereocenters. The number of rotatable bonds is 6. The molecule has 0 aliphatic heterocycles. The molecule has 1 saturated carbocycles. The van der Waals surface area contributed by atoms with Crippen LogP contribution in [0.15, 0.2) is 18.2 Å². The normalized spacial score (nSPS) is 24.1. The van der Waals surface area contributed by atoms with Crippen LogP contribution in [0.4, 0.5) is 0 Å². The standard InChI is InChI=1S/C16H25NO3/c1-5-20-12-8-6-7-11(15(12)19-4)10-17-13-9-14(18)16(13,2)3/h6-8,13-14,17-18H,5,9-10H2,1-4H3. The van der Waals surface area contributed by atoms with Gasteiger partial charge in [-0.3, -0.25) is 0 Å². The van der Waals surface area contributed by atoms with Crippen LogP contribution in [0.5, 0.6) is 11.5 Å². The van der Waals surface area contributed by atoms with Crippen molar-refractivity contribution < 1.29 is 14.6 Å². The highest BCUT2D eigenvalue weighted by molar-refractivity contribution is 5.46. The van der Waals surface area contributed by atoms with Crippen LogP contribution < -0.4 is 14.8 Å². The van der Waals surface area contributed by atoms with Gasteiger partial charge in [0.05, 0.1) is 19.8 Å². The molecular formula is C16H25NO3. The number of hydrogen-bond acceptors (Lipinski definition) is 4. The first-order valence-corrected chi connectivity index (χ1v) is 7.20. The number of benzene rings is 1. The summed E-state index contributed by atoms with van der Waals surface area (Å²) in [7, 11) is 1.67. The van der Waals surface area contributed by atoms with E-state index >= 15 is 0 Å². The Morgan fingerprint density at radius 3 is 2.70 bits per heavy atom. The molecule has 0 radical (unpaired) electrons. The number of aliphatic hydroxyl groups excluding tert-OH is 1. The summed E-state index contributed by atoms with van der Waals surface area (Å²) in [6.07, 6.45) is 0.595. The zero-order valence-corrected chi connectivity index (χ0v) is 12.8. The van der Waals surface area contributed by atoms with E-state index in [0.29, 0.717) is 19.2 Å². The second-order valence-electron chi connectivity index (χ2n) is 5.89. The molecule has 0 heterocycles. The second-order valence-corrected chi connectivity index (χ2v) is 5.89. The first-order chi connectivity index (χ1) is 9.50. The van der Waals surface area contributed by atoms with Crippen LogP contribution in [-0.4, -0.2) is 31.0 Å². The Labute approximate surface area is 121 Å². The molecule has 1 aliphatic rings. The molecule has 0 saturated heterocycles. The quantitative estimate of drug-likeness (QED) is 0.839. The largest absolute Gasteiger partial charge is 0.493 e. The molecule has 4 nitrogen and oxygen atoms in total. The van der Waals surface area contributed by atoms with Gasteiger partial charge in [0.15, 0.2) is 11.5 Å². The molecular weight excluding hydrogens is 254 g/mol. The molecule has 4 heteroatoms. The average Bonchev–Trinajstić information content (AvgIpc) is 2.43. The first kappa shape index (κ1) is 15.1. The van der Waals surface area contributed by atoms with Gasteiger partial charge in [0, 0.05) is 23.6 Å². The van der Waals surface area contributed by atoms with Gasteiger partial charge in [-0.2, -0.15) is 0 Å². The van der Waals surface area contributed by atoms with Gasteiger partial charge in [-0.05, 0) is 19.4 Å². The van der Waals surface area contributed by atoms with Crippen LogP contribution in [0.3, 0.4) is 0 Å². The maximum atomic E-state index is 9.77. The van der Waals surface area contributed by atoms with Gasteiger partial charge in [0.1, 0.15) is 0 Å². The van der Waals surface area contributed by atoms with Crippen LogP contribution in [0.25, 0.3) is 0 Å². The molecule has 0 spiro atoms. The van der Waals surface area contributed by atoms with E-state index in [1.54, 1.807) is 7.11 Å². The van der Waals surface area contributed by atoms with Crippen molar-refractivity contribution in [1.82, 2.24) is 5.32 Å². The predicted molar refractivity (Wildman–Crippen MR) is 79.2 cm³/mol. The average molecular weight is 279 g/mol. The Balaban J connectivity index is 2.04. The maximum Gasteiger partial charge on any atom is 0.165 e. The Morgan fingerprint density at radius 1 is 1.40 bits per heavy atom. The Morgan fingerprint density at radius 2 is 2.15 bits per heavy atom. The monoisotopic (exact) mass is 279 g/mol. The maximum absolute atomic E-state index is 9.77. The van der Waals surface area contributed by atoms with Crippen LogP contribution in [0.1, 0.15) is 32.8 Å². The van der Waals surface area contributed by atoms with Crippen LogP contribution >= 0.6 is 0 Å². The number of para-hydroxylation sites is 1. The smallest absolute Gasteiger partial charge is 0.165 e. The second kappa shape index (κ2) is 6.02. The molecule has 0 aromatic heterocycles. The van der Waals surface area contributed by atoms with Crippen LogP contribution in [0, 0.1) is 5.41 Å². The third kappa shape index (κ3) is 2.76. The van der Waals surface area contributed by atoms with Crippen molar-refractivity contribution in [1.29, 1.82) is 0 Å². The minimum atomic E-state index is -0.211. The number of hydrogen-bond donors (Lipinski definition) is 2. The van der Waals surface area contributed by atoms with Crippen molar-refractivity contribution in [3.63, 3.8) is 0 Å². The molecule has 112 valence electrons. The van der Waals surface area contributed by atoms with Crippen molar-refractivity contribution >= 4 is 0 Å². The van der Waals surface area contributed by atoms with Gasteiger partial charge in [-0.25, -0.2) is 0 Å². The van der Waals surface area contributed by atoms with Crippen LogP contribution in [0.2, 0.25) is 0 Å². The third-order valence-corrected chi connectivity index (χ3v) is 4.32. The van der Waals surface area contributed by atoms with E-state index in [9.17, 15) is 5.11 Å². The number of aliphatic hydroxyl groups is 1.